The average Bonchev–Trinajstić information content (AvgIpc) is 3.32. The minimum Gasteiger partial charge on any atom is -0.481 e. The van der Waals surface area contributed by atoms with Crippen molar-refractivity contribution in [2.24, 2.45) is 11.3 Å². The van der Waals surface area contributed by atoms with E-state index in [1.165, 1.54) is 23.1 Å². The van der Waals surface area contributed by atoms with Crippen LogP contribution in [-0.2, 0) is 32.0 Å². The zero-order valence-corrected chi connectivity index (χ0v) is 26.5. The molecule has 8 nitrogen and oxygen atoms in total. The molecule has 2 unspecified atom stereocenters. The van der Waals surface area contributed by atoms with Gasteiger partial charge in [0.05, 0.1) is 18.6 Å². The number of carboxylic acids is 1. The monoisotopic (exact) mass is 622 g/mol. The number of ether oxygens (including phenoxy) is 1. The average molecular weight is 623 g/mol. The summed E-state index contributed by atoms with van der Waals surface area (Å²) >= 11 is 2.79. The quantitative estimate of drug-likeness (QED) is 0.151. The number of nitrogens with one attached hydrogen (secondary N) is 2. The Bertz CT molecular complexity index is 1480. The van der Waals surface area contributed by atoms with Crippen LogP contribution in [0.1, 0.15) is 78.6 Å². The van der Waals surface area contributed by atoms with Crippen LogP contribution < -0.4 is 10.6 Å². The number of fused-ring (bicyclic) bond motifs is 1. The summed E-state index contributed by atoms with van der Waals surface area (Å²) in [5.74, 6) is -1.66. The fraction of sp³-hybridized carbons (Fsp3) is 0.394. The van der Waals surface area contributed by atoms with Gasteiger partial charge in [-0.25, -0.2) is 4.79 Å². The molecule has 0 saturated heterocycles. The number of carbonyl (C=O) groups is 4. The zero-order valence-electron chi connectivity index (χ0n) is 24.9. The van der Waals surface area contributed by atoms with E-state index in [0.717, 1.165) is 40.2 Å². The molecular formula is C33H38N2O6S2. The standard InChI is InChI=1S/C33H38N2O6S2/c1-5-41-32(40)28-24-15-14-21(33(2,3)4)18-25(24)43-31(28)35-30(39)29(20-10-7-6-8-11-20)42-23-13-9-12-22(19-23)34-26(36)16-17-27(37)38/h6-13,19,21,29H,5,14-18H2,1-4H3,(H,34,36)(H,35,39)(H,37,38). The number of thioether (sulfide) groups is 1. The van der Waals surface area contributed by atoms with Gasteiger partial charge >= 0.3 is 11.9 Å². The number of amides is 2. The number of carboxylic acid groups (broad SMARTS) is 1. The lowest BCUT2D eigenvalue weighted by Gasteiger charge is -2.33. The summed E-state index contributed by atoms with van der Waals surface area (Å²) in [6.07, 6.45) is 2.20. The summed E-state index contributed by atoms with van der Waals surface area (Å²) in [5, 5.41) is 14.5. The van der Waals surface area contributed by atoms with Crippen LogP contribution in [0.3, 0.4) is 0 Å². The van der Waals surface area contributed by atoms with Crippen molar-refractivity contribution < 1.29 is 29.0 Å². The highest BCUT2D eigenvalue weighted by molar-refractivity contribution is 8.00. The van der Waals surface area contributed by atoms with Crippen LogP contribution in [0.4, 0.5) is 10.7 Å². The second kappa shape index (κ2) is 14.2. The highest BCUT2D eigenvalue weighted by Gasteiger charge is 2.35. The number of benzene rings is 2. The Kier molecular flexibility index (Phi) is 10.7. The van der Waals surface area contributed by atoms with Crippen molar-refractivity contribution in [1.29, 1.82) is 0 Å². The van der Waals surface area contributed by atoms with Gasteiger partial charge in [0.1, 0.15) is 10.3 Å². The highest BCUT2D eigenvalue weighted by Crippen LogP contribution is 2.45. The third-order valence-electron chi connectivity index (χ3n) is 7.48. The van der Waals surface area contributed by atoms with Gasteiger partial charge in [0.25, 0.3) is 0 Å². The molecule has 3 aromatic rings. The molecule has 1 aliphatic carbocycles. The first-order valence-electron chi connectivity index (χ1n) is 14.4. The van der Waals surface area contributed by atoms with E-state index in [0.29, 0.717) is 22.2 Å². The van der Waals surface area contributed by atoms with Crippen LogP contribution in [0.2, 0.25) is 0 Å². The van der Waals surface area contributed by atoms with E-state index in [1.54, 1.807) is 25.1 Å². The summed E-state index contributed by atoms with van der Waals surface area (Å²) in [6.45, 7) is 8.73. The first kappa shape index (κ1) is 32.3. The number of thiophene rings is 1. The number of aliphatic carboxylic acids is 1. The number of anilines is 2. The third-order valence-corrected chi connectivity index (χ3v) is 9.90. The van der Waals surface area contributed by atoms with Crippen molar-refractivity contribution in [3.8, 4) is 0 Å². The van der Waals surface area contributed by atoms with Crippen molar-refractivity contribution in [2.45, 2.75) is 69.9 Å². The Morgan fingerprint density at radius 2 is 1.79 bits per heavy atom. The molecule has 1 aromatic heterocycles. The van der Waals surface area contributed by atoms with Crippen molar-refractivity contribution in [1.82, 2.24) is 0 Å². The van der Waals surface area contributed by atoms with E-state index in [9.17, 15) is 19.2 Å². The molecule has 1 heterocycles. The maximum absolute atomic E-state index is 14.0. The Balaban J connectivity index is 1.61. The van der Waals surface area contributed by atoms with Crippen molar-refractivity contribution >= 4 is 57.5 Å². The molecule has 0 aliphatic heterocycles. The van der Waals surface area contributed by atoms with Gasteiger partial charge in [-0.1, -0.05) is 57.2 Å². The van der Waals surface area contributed by atoms with E-state index < -0.39 is 23.1 Å². The first-order valence-corrected chi connectivity index (χ1v) is 16.1. The maximum Gasteiger partial charge on any atom is 0.341 e. The SMILES string of the molecule is CCOC(=O)c1c(NC(=O)C(Sc2cccc(NC(=O)CCC(=O)O)c2)c2ccccc2)sc2c1CCC(C(C)(C)C)C2. The summed E-state index contributed by atoms with van der Waals surface area (Å²) < 4.78 is 5.43. The normalized spacial score (nSPS) is 15.2. The molecule has 0 saturated carbocycles. The summed E-state index contributed by atoms with van der Waals surface area (Å²) in [5.41, 5.74) is 2.87. The molecule has 2 aromatic carbocycles. The second-order valence-corrected chi connectivity index (χ2v) is 13.9. The predicted molar refractivity (Wildman–Crippen MR) is 171 cm³/mol. The molecule has 1 aliphatic rings. The van der Waals surface area contributed by atoms with Crippen LogP contribution in [-0.4, -0.2) is 35.5 Å². The van der Waals surface area contributed by atoms with Gasteiger partial charge in [0.15, 0.2) is 0 Å². The molecule has 2 amide bonds. The van der Waals surface area contributed by atoms with Crippen molar-refractivity contribution in [3.05, 3.63) is 76.2 Å². The molecule has 0 bridgehead atoms. The summed E-state index contributed by atoms with van der Waals surface area (Å²) in [4.78, 5) is 52.0. The van der Waals surface area contributed by atoms with Crippen molar-refractivity contribution in [3.63, 3.8) is 0 Å². The molecule has 2 atom stereocenters. The lowest BCUT2D eigenvalue weighted by atomic mass is 9.72. The minimum atomic E-state index is -1.04. The fourth-order valence-electron chi connectivity index (χ4n) is 5.14. The highest BCUT2D eigenvalue weighted by atomic mass is 32.2. The van der Waals surface area contributed by atoms with E-state index in [1.807, 2.05) is 36.4 Å². The second-order valence-electron chi connectivity index (χ2n) is 11.6. The Morgan fingerprint density at radius 1 is 1.05 bits per heavy atom. The van der Waals surface area contributed by atoms with Crippen molar-refractivity contribution in [2.75, 3.05) is 17.2 Å². The number of hydrogen-bond donors (Lipinski definition) is 3. The van der Waals surface area contributed by atoms with Gasteiger partial charge in [-0.05, 0) is 66.8 Å². The lowest BCUT2D eigenvalue weighted by Crippen LogP contribution is -2.26. The van der Waals surface area contributed by atoms with Gasteiger partial charge < -0.3 is 20.5 Å². The van der Waals surface area contributed by atoms with Crippen LogP contribution >= 0.6 is 23.1 Å². The van der Waals surface area contributed by atoms with Crippen LogP contribution in [0.25, 0.3) is 0 Å². The third kappa shape index (κ3) is 8.48. The van der Waals surface area contributed by atoms with Gasteiger partial charge in [-0.15, -0.1) is 23.1 Å². The van der Waals surface area contributed by atoms with E-state index in [-0.39, 0.29) is 30.8 Å². The Labute approximate surface area is 260 Å². The molecule has 43 heavy (non-hydrogen) atoms. The molecule has 0 radical (unpaired) electrons. The summed E-state index contributed by atoms with van der Waals surface area (Å²) in [6, 6.07) is 16.5. The van der Waals surface area contributed by atoms with E-state index in [2.05, 4.69) is 31.4 Å². The fourth-order valence-corrected chi connectivity index (χ4v) is 7.54. The largest absolute Gasteiger partial charge is 0.481 e. The van der Waals surface area contributed by atoms with Gasteiger partial charge in [-0.3, -0.25) is 14.4 Å². The molecule has 4 rings (SSSR count). The Morgan fingerprint density at radius 3 is 2.47 bits per heavy atom. The first-order chi connectivity index (χ1) is 20.5. The smallest absolute Gasteiger partial charge is 0.341 e. The topological polar surface area (TPSA) is 122 Å². The number of hydrogen-bond acceptors (Lipinski definition) is 7. The van der Waals surface area contributed by atoms with Crippen LogP contribution in [0.15, 0.2) is 59.5 Å². The molecule has 228 valence electrons. The molecular weight excluding hydrogens is 585 g/mol. The number of esters is 1. The molecule has 0 fully saturated rings. The number of rotatable bonds is 11. The maximum atomic E-state index is 14.0. The van der Waals surface area contributed by atoms with Crippen LogP contribution in [0, 0.1) is 11.3 Å². The molecule has 0 spiro atoms. The van der Waals surface area contributed by atoms with Gasteiger partial charge in [-0.2, -0.15) is 0 Å². The predicted octanol–water partition coefficient (Wildman–Crippen LogP) is 7.35. The summed E-state index contributed by atoms with van der Waals surface area (Å²) in [7, 11) is 0. The lowest BCUT2D eigenvalue weighted by molar-refractivity contribution is -0.138. The minimum absolute atomic E-state index is 0.133. The molecule has 10 heteroatoms. The zero-order chi connectivity index (χ0) is 31.1. The number of carbonyl (C=O) groups excluding carboxylic acids is 3. The Hall–Kier alpha value is -3.63. The van der Waals surface area contributed by atoms with E-state index >= 15 is 0 Å². The van der Waals surface area contributed by atoms with Gasteiger partial charge in [0.2, 0.25) is 11.8 Å². The van der Waals surface area contributed by atoms with E-state index in [4.69, 9.17) is 9.84 Å². The van der Waals surface area contributed by atoms with Crippen LogP contribution in [0.5, 0.6) is 0 Å². The molecule has 3 N–H and O–H groups in total. The van der Waals surface area contributed by atoms with Gasteiger partial charge in [0, 0.05) is 21.9 Å².